The maximum Gasteiger partial charge on any atom is 0.207 e. The minimum atomic E-state index is -1.44. The monoisotopic (exact) mass is 267 g/mol. The molecule has 3 rings (SSSR count). The molecule has 2 aromatic rings. The zero-order valence-corrected chi connectivity index (χ0v) is 9.51. The molecule has 8 nitrogen and oxygen atoms in total. The first-order valence-electron chi connectivity index (χ1n) is 5.39. The van der Waals surface area contributed by atoms with E-state index >= 15 is 0 Å². The number of nitrogens with two attached hydrogens (primary N) is 1. The average molecular weight is 267 g/mol. The van der Waals surface area contributed by atoms with Gasteiger partial charge in [-0.3, -0.25) is 4.57 Å². The fourth-order valence-electron chi connectivity index (χ4n) is 1.97. The van der Waals surface area contributed by atoms with Gasteiger partial charge in [-0.15, -0.1) is 0 Å². The first-order valence-corrected chi connectivity index (χ1v) is 5.39. The summed E-state index contributed by atoms with van der Waals surface area (Å²) in [5, 5.41) is 19.4. The molecule has 9 heteroatoms. The molecule has 0 amide bonds. The van der Waals surface area contributed by atoms with Crippen LogP contribution in [0.5, 0.6) is 0 Å². The van der Waals surface area contributed by atoms with Crippen LogP contribution in [0.2, 0.25) is 0 Å². The van der Waals surface area contributed by atoms with Crippen LogP contribution >= 0.6 is 0 Å². The van der Waals surface area contributed by atoms with Crippen LogP contribution in [0.1, 0.15) is 6.23 Å². The number of hydrogen-bond acceptors (Lipinski definition) is 7. The Morgan fingerprint density at radius 2 is 2.16 bits per heavy atom. The summed E-state index contributed by atoms with van der Waals surface area (Å²) in [7, 11) is 0. The number of aliphatic hydroxyl groups excluding tert-OH is 2. The van der Waals surface area contributed by atoms with Gasteiger partial charge in [0.15, 0.2) is 17.2 Å². The molecule has 19 heavy (non-hydrogen) atoms. The highest BCUT2D eigenvalue weighted by molar-refractivity contribution is 5.81. The van der Waals surface area contributed by atoms with Gasteiger partial charge in [-0.05, 0) is 0 Å². The van der Waals surface area contributed by atoms with E-state index in [0.29, 0.717) is 11.2 Å². The highest BCUT2D eigenvalue weighted by Crippen LogP contribution is 2.33. The molecule has 1 saturated heterocycles. The molecule has 100 valence electrons. The lowest BCUT2D eigenvalue weighted by Gasteiger charge is -2.15. The number of aliphatic hydroxyl groups is 2. The molecule has 1 fully saturated rings. The van der Waals surface area contributed by atoms with Crippen molar-refractivity contribution in [2.75, 3.05) is 5.73 Å². The highest BCUT2D eigenvalue weighted by atomic mass is 19.1. The third-order valence-electron chi connectivity index (χ3n) is 2.93. The van der Waals surface area contributed by atoms with Crippen molar-refractivity contribution in [2.24, 2.45) is 0 Å². The number of nitrogen functional groups attached to an aromatic ring is 1. The van der Waals surface area contributed by atoms with Gasteiger partial charge in [0, 0.05) is 0 Å². The van der Waals surface area contributed by atoms with Gasteiger partial charge in [-0.2, -0.15) is 0 Å². The Labute approximate surface area is 106 Å². The number of halogens is 1. The second-order valence-corrected chi connectivity index (χ2v) is 4.04. The summed E-state index contributed by atoms with van der Waals surface area (Å²) in [5.41, 5.74) is 6.29. The number of anilines is 1. The molecule has 1 aliphatic heterocycles. The van der Waals surface area contributed by atoms with E-state index in [2.05, 4.69) is 15.0 Å². The molecule has 3 heterocycles. The van der Waals surface area contributed by atoms with Gasteiger partial charge in [0.25, 0.3) is 0 Å². The normalized spacial score (nSPS) is 29.0. The minimum Gasteiger partial charge on any atom is -0.466 e. The fourth-order valence-corrected chi connectivity index (χ4v) is 1.97. The van der Waals surface area contributed by atoms with E-state index in [4.69, 9.17) is 10.5 Å². The minimum absolute atomic E-state index is 0.107. The molecular weight excluding hydrogens is 257 g/mol. The maximum absolute atomic E-state index is 12.5. The number of ether oxygens (including phenoxy) is 1. The molecule has 0 bridgehead atoms. The van der Waals surface area contributed by atoms with Crippen LogP contribution in [-0.4, -0.2) is 41.9 Å². The quantitative estimate of drug-likeness (QED) is 0.635. The van der Waals surface area contributed by atoms with Crippen LogP contribution in [0.15, 0.2) is 24.7 Å². The van der Waals surface area contributed by atoms with E-state index in [1.54, 1.807) is 0 Å². The van der Waals surface area contributed by atoms with Gasteiger partial charge in [-0.25, -0.2) is 19.3 Å². The Hall–Kier alpha value is -2.26. The number of rotatable bonds is 1. The fraction of sp³-hybridized carbons (Fsp3) is 0.300. The highest BCUT2D eigenvalue weighted by Gasteiger charge is 2.41. The Kier molecular flexibility index (Phi) is 2.57. The first-order chi connectivity index (χ1) is 9.13. The summed E-state index contributed by atoms with van der Waals surface area (Å²) in [6.07, 6.45) is -1.13. The van der Waals surface area contributed by atoms with Crippen molar-refractivity contribution >= 4 is 17.0 Å². The molecule has 1 aliphatic rings. The van der Waals surface area contributed by atoms with Crippen LogP contribution in [0.3, 0.4) is 0 Å². The molecule has 0 aliphatic carbocycles. The number of aromatic nitrogens is 4. The van der Waals surface area contributed by atoms with Crippen molar-refractivity contribution < 1.29 is 19.3 Å². The molecule has 0 radical (unpaired) electrons. The molecule has 3 atom stereocenters. The van der Waals surface area contributed by atoms with Gasteiger partial charge < -0.3 is 20.7 Å². The van der Waals surface area contributed by atoms with Crippen molar-refractivity contribution in [3.63, 3.8) is 0 Å². The summed E-state index contributed by atoms with van der Waals surface area (Å²) in [5.74, 6) is -0.167. The second-order valence-electron chi connectivity index (χ2n) is 4.04. The second kappa shape index (κ2) is 4.14. The molecule has 0 spiro atoms. The smallest absolute Gasteiger partial charge is 0.207 e. The van der Waals surface area contributed by atoms with E-state index in [-0.39, 0.29) is 17.9 Å². The standard InChI is InChI=1S/C10H10FN5O3/c11-1-4-6(17)7(18)10(19-4)16-3-15-5-8(12)13-2-14-9(5)16/h1-3,6-7,10,17-18H,(H2,12,13,14)/b4-1-/t6-,7-,10+/m0/s1. The van der Waals surface area contributed by atoms with Crippen LogP contribution in [0.4, 0.5) is 10.2 Å². The van der Waals surface area contributed by atoms with Crippen molar-refractivity contribution in [1.29, 1.82) is 0 Å². The Morgan fingerprint density at radius 1 is 1.37 bits per heavy atom. The molecule has 2 aromatic heterocycles. The molecular formula is C10H10FN5O3. The number of imidazole rings is 1. The van der Waals surface area contributed by atoms with Gasteiger partial charge in [0.05, 0.1) is 0 Å². The summed E-state index contributed by atoms with van der Waals surface area (Å²) >= 11 is 0. The summed E-state index contributed by atoms with van der Waals surface area (Å²) in [6, 6.07) is 0. The number of hydrogen-bond donors (Lipinski definition) is 3. The van der Waals surface area contributed by atoms with Crippen LogP contribution in [-0.2, 0) is 4.74 Å². The lowest BCUT2D eigenvalue weighted by molar-refractivity contribution is -0.0120. The summed E-state index contributed by atoms with van der Waals surface area (Å²) < 4.78 is 19.0. The molecule has 0 unspecified atom stereocenters. The van der Waals surface area contributed by atoms with Crippen LogP contribution in [0, 0.1) is 0 Å². The maximum atomic E-state index is 12.5. The summed E-state index contributed by atoms with van der Waals surface area (Å²) in [4.78, 5) is 11.8. The number of fused-ring (bicyclic) bond motifs is 1. The predicted octanol–water partition coefficient (Wildman–Crippen LogP) is -0.530. The first kappa shape index (κ1) is 11.8. The van der Waals surface area contributed by atoms with E-state index in [9.17, 15) is 14.6 Å². The van der Waals surface area contributed by atoms with Crippen LogP contribution < -0.4 is 5.73 Å². The van der Waals surface area contributed by atoms with Crippen molar-refractivity contribution in [1.82, 2.24) is 19.5 Å². The van der Waals surface area contributed by atoms with E-state index in [1.165, 1.54) is 17.2 Å². The Morgan fingerprint density at radius 3 is 2.84 bits per heavy atom. The number of nitrogens with zero attached hydrogens (tertiary/aromatic N) is 4. The zero-order chi connectivity index (χ0) is 13.6. The summed E-state index contributed by atoms with van der Waals surface area (Å²) in [6.45, 7) is 0. The topological polar surface area (TPSA) is 119 Å². The lowest BCUT2D eigenvalue weighted by Crippen LogP contribution is -2.27. The Bertz CT molecular complexity index is 658. The largest absolute Gasteiger partial charge is 0.466 e. The molecule has 0 saturated carbocycles. The van der Waals surface area contributed by atoms with Gasteiger partial charge >= 0.3 is 0 Å². The van der Waals surface area contributed by atoms with Crippen molar-refractivity contribution in [2.45, 2.75) is 18.4 Å². The van der Waals surface area contributed by atoms with Crippen molar-refractivity contribution in [3.8, 4) is 0 Å². The van der Waals surface area contributed by atoms with Gasteiger partial charge in [0.2, 0.25) is 6.23 Å². The van der Waals surface area contributed by atoms with Gasteiger partial charge in [0.1, 0.15) is 36.7 Å². The average Bonchev–Trinajstić information content (AvgIpc) is 2.94. The van der Waals surface area contributed by atoms with E-state index < -0.39 is 18.4 Å². The van der Waals surface area contributed by atoms with Crippen molar-refractivity contribution in [3.05, 3.63) is 24.7 Å². The lowest BCUT2D eigenvalue weighted by atomic mass is 10.2. The van der Waals surface area contributed by atoms with E-state index in [1.807, 2.05) is 0 Å². The SMILES string of the molecule is Nc1ncnc2c1ncn2[C@@H]1O/C(=C\F)[C@H](O)[C@@H]1O. The third-order valence-corrected chi connectivity index (χ3v) is 2.93. The van der Waals surface area contributed by atoms with E-state index in [0.717, 1.165) is 0 Å². The molecule has 0 aromatic carbocycles. The molecule has 4 N–H and O–H groups in total. The van der Waals surface area contributed by atoms with Gasteiger partial charge in [-0.1, -0.05) is 0 Å². The Balaban J connectivity index is 2.09. The predicted molar refractivity (Wildman–Crippen MR) is 61.1 cm³/mol. The van der Waals surface area contributed by atoms with Crippen LogP contribution in [0.25, 0.3) is 11.2 Å². The zero-order valence-electron chi connectivity index (χ0n) is 9.51. The third kappa shape index (κ3) is 1.63.